The quantitative estimate of drug-likeness (QED) is 0.534. The molecule has 1 spiro atoms. The first-order valence-electron chi connectivity index (χ1n) is 12.6. The van der Waals surface area contributed by atoms with Crippen molar-refractivity contribution in [2.24, 2.45) is 34.5 Å². The van der Waals surface area contributed by atoms with Gasteiger partial charge in [-0.15, -0.1) is 0 Å². The summed E-state index contributed by atoms with van der Waals surface area (Å²) in [6, 6.07) is 8.60. The highest BCUT2D eigenvalue weighted by atomic mass is 16.3. The van der Waals surface area contributed by atoms with Gasteiger partial charge >= 0.3 is 0 Å². The summed E-state index contributed by atoms with van der Waals surface area (Å²) in [7, 11) is 0. The molecule has 0 aliphatic heterocycles. The fourth-order valence-corrected chi connectivity index (χ4v) is 8.81. The van der Waals surface area contributed by atoms with Crippen molar-refractivity contribution in [3.8, 4) is 0 Å². The molecule has 0 amide bonds. The van der Waals surface area contributed by atoms with Crippen LogP contribution in [-0.4, -0.2) is 26.9 Å². The summed E-state index contributed by atoms with van der Waals surface area (Å²) in [5, 5.41) is 24.4. The van der Waals surface area contributed by atoms with Gasteiger partial charge in [-0.05, 0) is 99.0 Å². The molecular weight excluding hydrogens is 382 g/mol. The van der Waals surface area contributed by atoms with E-state index in [9.17, 15) is 10.2 Å². The SMILES string of the molecule is C[C@@H]1CC[C@@]2(C)[C@H](C)CC[C@H](O)[C@@]23CCC(C(C)(C)O)C(c2c[nH]c4ccccc24)[C@H]13. The molecule has 0 saturated heterocycles. The van der Waals surface area contributed by atoms with Crippen LogP contribution in [0, 0.1) is 34.5 Å². The maximum atomic E-state index is 11.7. The van der Waals surface area contributed by atoms with Crippen LogP contribution in [0.2, 0.25) is 0 Å². The van der Waals surface area contributed by atoms with Crippen molar-refractivity contribution < 1.29 is 10.2 Å². The fourth-order valence-electron chi connectivity index (χ4n) is 8.81. The van der Waals surface area contributed by atoms with E-state index in [4.69, 9.17) is 0 Å². The minimum absolute atomic E-state index is 0.0624. The molecule has 5 rings (SSSR count). The van der Waals surface area contributed by atoms with Gasteiger partial charge < -0.3 is 15.2 Å². The van der Waals surface area contributed by atoms with E-state index in [1.807, 2.05) is 13.8 Å². The topological polar surface area (TPSA) is 56.2 Å². The third-order valence-corrected chi connectivity index (χ3v) is 10.5. The van der Waals surface area contributed by atoms with Gasteiger partial charge in [0.1, 0.15) is 0 Å². The lowest BCUT2D eigenvalue weighted by molar-refractivity contribution is -0.239. The largest absolute Gasteiger partial charge is 0.393 e. The van der Waals surface area contributed by atoms with Crippen molar-refractivity contribution in [2.45, 2.75) is 90.8 Å². The van der Waals surface area contributed by atoms with Gasteiger partial charge in [-0.2, -0.15) is 0 Å². The lowest BCUT2D eigenvalue weighted by Gasteiger charge is -2.70. The minimum Gasteiger partial charge on any atom is -0.393 e. The van der Waals surface area contributed by atoms with Gasteiger partial charge in [0, 0.05) is 22.5 Å². The van der Waals surface area contributed by atoms with Crippen LogP contribution in [0.5, 0.6) is 0 Å². The summed E-state index contributed by atoms with van der Waals surface area (Å²) in [6.07, 6.45) is 8.49. The van der Waals surface area contributed by atoms with Crippen molar-refractivity contribution in [1.82, 2.24) is 4.98 Å². The van der Waals surface area contributed by atoms with Gasteiger partial charge in [-0.3, -0.25) is 0 Å². The maximum Gasteiger partial charge on any atom is 0.0625 e. The molecular formula is C28H41NO2. The average Bonchev–Trinajstić information content (AvgIpc) is 3.15. The van der Waals surface area contributed by atoms with E-state index in [0.717, 1.165) is 25.7 Å². The summed E-state index contributed by atoms with van der Waals surface area (Å²) in [5.74, 6) is 1.99. The van der Waals surface area contributed by atoms with E-state index in [1.165, 1.54) is 29.3 Å². The molecule has 3 heteroatoms. The molecule has 2 unspecified atom stereocenters. The van der Waals surface area contributed by atoms with E-state index in [-0.39, 0.29) is 28.8 Å². The number of benzene rings is 1. The molecule has 170 valence electrons. The number of aromatic nitrogens is 1. The summed E-state index contributed by atoms with van der Waals surface area (Å²) in [6.45, 7) is 11.4. The maximum absolute atomic E-state index is 11.7. The molecule has 3 nitrogen and oxygen atoms in total. The monoisotopic (exact) mass is 423 g/mol. The van der Waals surface area contributed by atoms with E-state index < -0.39 is 5.60 Å². The second kappa shape index (κ2) is 7.09. The second-order valence-electron chi connectivity index (χ2n) is 12.1. The Morgan fingerprint density at radius 1 is 1.03 bits per heavy atom. The second-order valence-corrected chi connectivity index (χ2v) is 12.1. The molecule has 3 saturated carbocycles. The number of fused-ring (bicyclic) bond motifs is 1. The van der Waals surface area contributed by atoms with Crippen molar-refractivity contribution >= 4 is 10.9 Å². The predicted molar refractivity (Wildman–Crippen MR) is 127 cm³/mol. The third kappa shape index (κ3) is 2.85. The van der Waals surface area contributed by atoms with Crippen LogP contribution < -0.4 is 0 Å². The Morgan fingerprint density at radius 3 is 2.52 bits per heavy atom. The molecule has 1 heterocycles. The fraction of sp³-hybridized carbons (Fsp3) is 0.714. The highest BCUT2D eigenvalue weighted by molar-refractivity contribution is 5.83. The van der Waals surface area contributed by atoms with Crippen LogP contribution in [0.4, 0.5) is 0 Å². The van der Waals surface area contributed by atoms with Crippen molar-refractivity contribution in [2.75, 3.05) is 0 Å². The molecule has 2 aromatic rings. The van der Waals surface area contributed by atoms with Crippen molar-refractivity contribution in [1.29, 1.82) is 0 Å². The lowest BCUT2D eigenvalue weighted by Crippen LogP contribution is -2.66. The van der Waals surface area contributed by atoms with Crippen LogP contribution in [-0.2, 0) is 0 Å². The van der Waals surface area contributed by atoms with Gasteiger partial charge in [0.05, 0.1) is 11.7 Å². The smallest absolute Gasteiger partial charge is 0.0625 e. The van der Waals surface area contributed by atoms with Crippen LogP contribution in [0.15, 0.2) is 30.5 Å². The number of nitrogens with one attached hydrogen (secondary N) is 1. The highest BCUT2D eigenvalue weighted by Gasteiger charge is 2.68. The average molecular weight is 424 g/mol. The van der Waals surface area contributed by atoms with E-state index >= 15 is 0 Å². The number of rotatable bonds is 2. The minimum atomic E-state index is -0.747. The number of hydrogen-bond donors (Lipinski definition) is 3. The molecule has 1 aromatic heterocycles. The summed E-state index contributed by atoms with van der Waals surface area (Å²) in [4.78, 5) is 3.52. The van der Waals surface area contributed by atoms with Gasteiger partial charge in [-0.25, -0.2) is 0 Å². The molecule has 3 aliphatic rings. The standard InChI is InChI=1S/C28H41NO2/c1-17-12-14-27(5)18(2)10-11-23(30)28(27)15-13-21(26(3,4)31)24(25(17)28)20-16-29-22-9-7-6-8-19(20)22/h6-9,16-18,21,23-25,29-31H,10-15H2,1-5H3/t17-,18-,21?,23+,24?,25+,27+,28-/m1/s1. The Hall–Kier alpha value is -1.32. The Kier molecular flexibility index (Phi) is 4.92. The molecule has 31 heavy (non-hydrogen) atoms. The number of aliphatic hydroxyl groups excluding tert-OH is 1. The first-order valence-corrected chi connectivity index (χ1v) is 12.6. The molecule has 3 fully saturated rings. The molecule has 8 atom stereocenters. The Labute approximate surface area is 187 Å². The summed E-state index contributed by atoms with van der Waals surface area (Å²) >= 11 is 0. The van der Waals surface area contributed by atoms with E-state index in [0.29, 0.717) is 17.8 Å². The third-order valence-electron chi connectivity index (χ3n) is 10.5. The van der Waals surface area contributed by atoms with E-state index in [2.05, 4.69) is 56.2 Å². The zero-order chi connectivity index (χ0) is 22.2. The first-order chi connectivity index (χ1) is 14.6. The molecule has 0 radical (unpaired) electrons. The van der Waals surface area contributed by atoms with Gasteiger partial charge in [-0.1, -0.05) is 39.0 Å². The number of hydrogen-bond acceptors (Lipinski definition) is 2. The van der Waals surface area contributed by atoms with Crippen LogP contribution in [0.1, 0.15) is 84.6 Å². The summed E-state index contributed by atoms with van der Waals surface area (Å²) < 4.78 is 0. The number of aromatic amines is 1. The molecule has 3 N–H and O–H groups in total. The van der Waals surface area contributed by atoms with Crippen LogP contribution in [0.3, 0.4) is 0 Å². The molecule has 1 aromatic carbocycles. The number of H-pyrrole nitrogens is 1. The zero-order valence-electron chi connectivity index (χ0n) is 20.0. The van der Waals surface area contributed by atoms with E-state index in [1.54, 1.807) is 0 Å². The highest BCUT2D eigenvalue weighted by Crippen LogP contribution is 2.72. The summed E-state index contributed by atoms with van der Waals surface area (Å²) in [5.41, 5.74) is 1.89. The molecule has 0 bridgehead atoms. The Bertz CT molecular complexity index is 957. The zero-order valence-corrected chi connectivity index (χ0v) is 20.0. The van der Waals surface area contributed by atoms with Gasteiger partial charge in [0.2, 0.25) is 0 Å². The normalized spacial score (nSPS) is 43.5. The predicted octanol–water partition coefficient (Wildman–Crippen LogP) is 6.26. The van der Waals surface area contributed by atoms with Gasteiger partial charge in [0.15, 0.2) is 0 Å². The van der Waals surface area contributed by atoms with Crippen molar-refractivity contribution in [3.63, 3.8) is 0 Å². The van der Waals surface area contributed by atoms with Crippen LogP contribution in [0.25, 0.3) is 10.9 Å². The van der Waals surface area contributed by atoms with Gasteiger partial charge in [0.25, 0.3) is 0 Å². The molecule has 3 aliphatic carbocycles. The number of para-hydroxylation sites is 1. The number of aliphatic hydroxyl groups is 2. The van der Waals surface area contributed by atoms with Crippen molar-refractivity contribution in [3.05, 3.63) is 36.0 Å². The van der Waals surface area contributed by atoms with Crippen LogP contribution >= 0.6 is 0 Å². The Balaban J connectivity index is 1.75. The Morgan fingerprint density at radius 2 is 1.77 bits per heavy atom. The lowest BCUT2D eigenvalue weighted by atomic mass is 9.35. The first kappa shape index (κ1) is 21.5.